The molecule has 0 saturated carbocycles. The number of rotatable bonds is 4. The third-order valence-corrected chi connectivity index (χ3v) is 3.39. The van der Waals surface area contributed by atoms with Crippen LogP contribution in [0.3, 0.4) is 0 Å². The molecule has 0 spiro atoms. The fraction of sp³-hybridized carbons (Fsp3) is 0. The van der Waals surface area contributed by atoms with Crippen molar-refractivity contribution in [2.75, 3.05) is 0 Å². The lowest BCUT2D eigenvalue weighted by Crippen LogP contribution is -2.05. The molecular weight excluding hydrogens is 272 g/mol. The van der Waals surface area contributed by atoms with Gasteiger partial charge < -0.3 is 0 Å². The Labute approximate surface area is 129 Å². The largest absolute Gasteiger partial charge is 0.289 e. The van der Waals surface area contributed by atoms with E-state index in [-0.39, 0.29) is 11.6 Å². The van der Waals surface area contributed by atoms with Crippen LogP contribution in [0.15, 0.2) is 78.9 Å². The molecular formula is C20H13O2. The second kappa shape index (κ2) is 6.19. The lowest BCUT2D eigenvalue weighted by Gasteiger charge is -2.04. The molecule has 2 heteroatoms. The number of carbonyl (C=O) groups is 2. The maximum absolute atomic E-state index is 12.4. The predicted octanol–water partition coefficient (Wildman–Crippen LogP) is 3.95. The van der Waals surface area contributed by atoms with Crippen LogP contribution in [0, 0.1) is 6.07 Å². The Morgan fingerprint density at radius 2 is 1.00 bits per heavy atom. The standard InChI is InChI=1S/C20H13O2/c21-19(15-8-3-1-4-9-15)17-12-7-13-18(14-17)20(22)16-10-5-2-6-11-16/h1-6,8-14H. The van der Waals surface area contributed by atoms with Gasteiger partial charge in [0.25, 0.3) is 0 Å². The van der Waals surface area contributed by atoms with Crippen molar-refractivity contribution in [3.63, 3.8) is 0 Å². The van der Waals surface area contributed by atoms with E-state index in [4.69, 9.17) is 0 Å². The summed E-state index contributed by atoms with van der Waals surface area (Å²) in [5.74, 6) is -0.223. The van der Waals surface area contributed by atoms with Crippen molar-refractivity contribution in [3.8, 4) is 0 Å². The molecule has 0 amide bonds. The summed E-state index contributed by atoms with van der Waals surface area (Å²) in [6.45, 7) is 0. The van der Waals surface area contributed by atoms with Crippen molar-refractivity contribution in [3.05, 3.63) is 107 Å². The Balaban J connectivity index is 1.94. The van der Waals surface area contributed by atoms with Gasteiger partial charge in [-0.1, -0.05) is 60.7 Å². The first kappa shape index (κ1) is 14.0. The van der Waals surface area contributed by atoms with E-state index in [1.807, 2.05) is 36.4 Å². The van der Waals surface area contributed by atoms with Gasteiger partial charge in [0.2, 0.25) is 0 Å². The highest BCUT2D eigenvalue weighted by atomic mass is 16.1. The average molecular weight is 285 g/mol. The van der Waals surface area contributed by atoms with E-state index >= 15 is 0 Å². The van der Waals surface area contributed by atoms with Crippen LogP contribution in [0.4, 0.5) is 0 Å². The molecule has 0 saturated heterocycles. The third kappa shape index (κ3) is 2.86. The predicted molar refractivity (Wildman–Crippen MR) is 85.0 cm³/mol. The van der Waals surface area contributed by atoms with Crippen LogP contribution in [-0.2, 0) is 0 Å². The minimum atomic E-state index is -0.112. The van der Waals surface area contributed by atoms with Crippen molar-refractivity contribution >= 4 is 11.6 Å². The maximum atomic E-state index is 12.4. The first-order valence-corrected chi connectivity index (χ1v) is 6.96. The number of hydrogen-bond donors (Lipinski definition) is 0. The van der Waals surface area contributed by atoms with Gasteiger partial charge in [-0.05, 0) is 24.3 Å². The number of benzene rings is 3. The van der Waals surface area contributed by atoms with Crippen LogP contribution in [0.1, 0.15) is 31.8 Å². The molecule has 1 radical (unpaired) electrons. The molecule has 22 heavy (non-hydrogen) atoms. The maximum Gasteiger partial charge on any atom is 0.193 e. The zero-order valence-electron chi connectivity index (χ0n) is 11.8. The molecule has 0 fully saturated rings. The van der Waals surface area contributed by atoms with Crippen LogP contribution in [0.2, 0.25) is 0 Å². The molecule has 3 rings (SSSR count). The Hall–Kier alpha value is -3.00. The summed E-state index contributed by atoms with van der Waals surface area (Å²) in [7, 11) is 0. The van der Waals surface area contributed by atoms with E-state index in [1.165, 1.54) is 0 Å². The molecule has 0 unspecified atom stereocenters. The molecule has 3 aromatic carbocycles. The Morgan fingerprint density at radius 1 is 0.591 bits per heavy atom. The lowest BCUT2D eigenvalue weighted by molar-refractivity contribution is 0.103. The Kier molecular flexibility index (Phi) is 3.92. The molecule has 0 heterocycles. The molecule has 0 aliphatic carbocycles. The zero-order chi connectivity index (χ0) is 15.4. The fourth-order valence-corrected chi connectivity index (χ4v) is 2.25. The second-order valence-electron chi connectivity index (χ2n) is 4.90. The van der Waals surface area contributed by atoms with E-state index in [0.717, 1.165) is 0 Å². The van der Waals surface area contributed by atoms with Crippen molar-refractivity contribution in [2.24, 2.45) is 0 Å². The van der Waals surface area contributed by atoms with E-state index in [0.29, 0.717) is 22.3 Å². The summed E-state index contributed by atoms with van der Waals surface area (Å²) in [5.41, 5.74) is 2.13. The van der Waals surface area contributed by atoms with Gasteiger partial charge in [-0.3, -0.25) is 9.59 Å². The van der Waals surface area contributed by atoms with Crippen LogP contribution in [0.25, 0.3) is 0 Å². The average Bonchev–Trinajstić information content (AvgIpc) is 2.62. The molecule has 105 valence electrons. The van der Waals surface area contributed by atoms with Crippen molar-refractivity contribution in [1.29, 1.82) is 0 Å². The minimum Gasteiger partial charge on any atom is -0.289 e. The van der Waals surface area contributed by atoms with E-state index in [9.17, 15) is 9.59 Å². The number of ketones is 2. The highest BCUT2D eigenvalue weighted by Gasteiger charge is 2.13. The van der Waals surface area contributed by atoms with Gasteiger partial charge in [0.05, 0.1) is 0 Å². The van der Waals surface area contributed by atoms with Gasteiger partial charge in [-0.25, -0.2) is 0 Å². The quantitative estimate of drug-likeness (QED) is 0.680. The smallest absolute Gasteiger partial charge is 0.193 e. The van der Waals surface area contributed by atoms with Crippen LogP contribution in [-0.4, -0.2) is 11.6 Å². The van der Waals surface area contributed by atoms with E-state index in [1.54, 1.807) is 42.5 Å². The molecule has 2 nitrogen and oxygen atoms in total. The summed E-state index contributed by atoms with van der Waals surface area (Å²) < 4.78 is 0. The summed E-state index contributed by atoms with van der Waals surface area (Å²) in [4.78, 5) is 24.9. The molecule has 0 aliphatic rings. The van der Waals surface area contributed by atoms with Gasteiger partial charge in [0, 0.05) is 22.3 Å². The summed E-state index contributed by atoms with van der Waals surface area (Å²) in [5, 5.41) is 0. The lowest BCUT2D eigenvalue weighted by atomic mass is 9.97. The highest BCUT2D eigenvalue weighted by Crippen LogP contribution is 2.14. The van der Waals surface area contributed by atoms with Gasteiger partial charge in [-0.15, -0.1) is 0 Å². The summed E-state index contributed by atoms with van der Waals surface area (Å²) >= 11 is 0. The first-order valence-electron chi connectivity index (χ1n) is 6.96. The zero-order valence-corrected chi connectivity index (χ0v) is 11.8. The van der Waals surface area contributed by atoms with E-state index < -0.39 is 0 Å². The summed E-state index contributed by atoms with van der Waals surface area (Å²) in [6.07, 6.45) is 0. The topological polar surface area (TPSA) is 34.1 Å². The molecule has 3 aromatic rings. The summed E-state index contributed by atoms with van der Waals surface area (Å²) in [6, 6.07) is 25.7. The van der Waals surface area contributed by atoms with Crippen LogP contribution in [0.5, 0.6) is 0 Å². The normalized spacial score (nSPS) is 10.2. The van der Waals surface area contributed by atoms with Crippen molar-refractivity contribution < 1.29 is 9.59 Å². The van der Waals surface area contributed by atoms with Gasteiger partial charge in [0.1, 0.15) is 0 Å². The van der Waals surface area contributed by atoms with Crippen molar-refractivity contribution in [2.45, 2.75) is 0 Å². The molecule has 0 atom stereocenters. The number of hydrogen-bond acceptors (Lipinski definition) is 2. The Bertz CT molecular complexity index is 739. The van der Waals surface area contributed by atoms with Gasteiger partial charge >= 0.3 is 0 Å². The minimum absolute atomic E-state index is 0.112. The molecule has 0 aliphatic heterocycles. The molecule has 0 N–H and O–H groups in total. The number of carbonyl (C=O) groups excluding carboxylic acids is 2. The third-order valence-electron chi connectivity index (χ3n) is 3.39. The highest BCUT2D eigenvalue weighted by molar-refractivity contribution is 6.13. The van der Waals surface area contributed by atoms with Gasteiger partial charge in [-0.2, -0.15) is 0 Å². The van der Waals surface area contributed by atoms with Crippen LogP contribution >= 0.6 is 0 Å². The molecule has 0 bridgehead atoms. The van der Waals surface area contributed by atoms with E-state index in [2.05, 4.69) is 6.07 Å². The SMILES string of the molecule is O=C(c1ccccc1)c1c[c]cc(C(=O)c2ccccc2)c1. The van der Waals surface area contributed by atoms with Crippen LogP contribution < -0.4 is 0 Å². The molecule has 0 aromatic heterocycles. The Morgan fingerprint density at radius 3 is 1.41 bits per heavy atom. The first-order chi connectivity index (χ1) is 10.8. The van der Waals surface area contributed by atoms with Crippen molar-refractivity contribution in [1.82, 2.24) is 0 Å². The van der Waals surface area contributed by atoms with Gasteiger partial charge in [0.15, 0.2) is 11.6 Å². The second-order valence-corrected chi connectivity index (χ2v) is 4.90. The fourth-order valence-electron chi connectivity index (χ4n) is 2.25. The monoisotopic (exact) mass is 285 g/mol.